The number of amides is 3. The van der Waals surface area contributed by atoms with Crippen molar-refractivity contribution in [2.45, 2.75) is 45.8 Å². The van der Waals surface area contributed by atoms with Crippen molar-refractivity contribution in [2.75, 3.05) is 24.3 Å². The van der Waals surface area contributed by atoms with Crippen LogP contribution >= 0.6 is 0 Å². The average molecular weight is 427 g/mol. The summed E-state index contributed by atoms with van der Waals surface area (Å²) in [6.07, 6.45) is 1.88. The van der Waals surface area contributed by atoms with E-state index in [1.807, 2.05) is 51.0 Å². The molecule has 0 aliphatic heterocycles. The molecule has 3 rings (SSSR count). The molecule has 0 aromatic heterocycles. The summed E-state index contributed by atoms with van der Waals surface area (Å²) < 4.78 is 13.3. The molecule has 1 aliphatic carbocycles. The smallest absolute Gasteiger partial charge is 0.318 e. The molecule has 1 aliphatic rings. The van der Waals surface area contributed by atoms with Crippen molar-refractivity contribution in [3.05, 3.63) is 59.4 Å². The molecule has 0 spiro atoms. The molecule has 31 heavy (non-hydrogen) atoms. The Labute approximate surface area is 183 Å². The Morgan fingerprint density at radius 3 is 2.32 bits per heavy atom. The third-order valence-electron chi connectivity index (χ3n) is 5.12. The van der Waals surface area contributed by atoms with Gasteiger partial charge in [0.2, 0.25) is 5.91 Å². The number of hydrogen-bond donors (Lipinski definition) is 2. The quantitative estimate of drug-likeness (QED) is 0.659. The Balaban J connectivity index is 1.86. The van der Waals surface area contributed by atoms with Gasteiger partial charge in [-0.25, -0.2) is 9.18 Å². The summed E-state index contributed by atoms with van der Waals surface area (Å²) in [6.45, 7) is 4.50. The number of carbonyl (C=O) groups is 2. The monoisotopic (exact) mass is 426 g/mol. The highest BCUT2D eigenvalue weighted by Crippen LogP contribution is 2.31. The number of halogens is 1. The number of anilines is 2. The topological polar surface area (TPSA) is 64.7 Å². The van der Waals surface area contributed by atoms with E-state index in [0.29, 0.717) is 13.1 Å². The Morgan fingerprint density at radius 1 is 1.06 bits per heavy atom. The van der Waals surface area contributed by atoms with Gasteiger partial charge in [0.25, 0.3) is 0 Å². The Morgan fingerprint density at radius 2 is 1.74 bits per heavy atom. The number of nitrogens with one attached hydrogen (secondary N) is 2. The van der Waals surface area contributed by atoms with E-state index in [-0.39, 0.29) is 29.7 Å². The van der Waals surface area contributed by atoms with Crippen LogP contribution in [0.1, 0.15) is 37.8 Å². The highest BCUT2D eigenvalue weighted by molar-refractivity contribution is 5.94. The molecule has 1 fully saturated rings. The van der Waals surface area contributed by atoms with Crippen LogP contribution in [0.3, 0.4) is 0 Å². The van der Waals surface area contributed by atoms with Gasteiger partial charge < -0.3 is 20.4 Å². The van der Waals surface area contributed by atoms with Crippen molar-refractivity contribution in [1.29, 1.82) is 0 Å². The fourth-order valence-electron chi connectivity index (χ4n) is 3.37. The summed E-state index contributed by atoms with van der Waals surface area (Å²) in [6, 6.07) is 11.7. The average Bonchev–Trinajstić information content (AvgIpc) is 3.54. The molecule has 0 bridgehead atoms. The maximum atomic E-state index is 13.3. The minimum absolute atomic E-state index is 0.0132. The first kappa shape index (κ1) is 22.6. The van der Waals surface area contributed by atoms with E-state index >= 15 is 0 Å². The Bertz CT molecular complexity index is 924. The van der Waals surface area contributed by atoms with Gasteiger partial charge >= 0.3 is 6.03 Å². The van der Waals surface area contributed by atoms with E-state index in [0.717, 1.165) is 35.3 Å². The molecule has 2 N–H and O–H groups in total. The SMILES string of the molecule is CC(C)NC(=O)N(Cc1ccc(F)cc1)Cc1cc(NC(=O)C2CC2)ccc1N(C)C. The zero-order valence-corrected chi connectivity index (χ0v) is 18.6. The van der Waals surface area contributed by atoms with Crippen LogP contribution in [0.4, 0.5) is 20.6 Å². The van der Waals surface area contributed by atoms with Crippen molar-refractivity contribution in [2.24, 2.45) is 5.92 Å². The maximum Gasteiger partial charge on any atom is 0.318 e. The molecule has 0 atom stereocenters. The lowest BCUT2D eigenvalue weighted by Crippen LogP contribution is -2.42. The zero-order chi connectivity index (χ0) is 22.5. The number of carbonyl (C=O) groups excluding carboxylic acids is 2. The minimum atomic E-state index is -0.309. The fraction of sp³-hybridized carbons (Fsp3) is 0.417. The summed E-state index contributed by atoms with van der Waals surface area (Å²) >= 11 is 0. The number of nitrogens with zero attached hydrogens (tertiary/aromatic N) is 2. The lowest BCUT2D eigenvalue weighted by atomic mass is 10.1. The standard InChI is InChI=1S/C24H31FN4O2/c1-16(2)26-24(31)29(14-17-5-9-20(25)10-6-17)15-19-13-21(11-12-22(19)28(3)4)27-23(30)18-7-8-18/h5-6,9-13,16,18H,7-8,14-15H2,1-4H3,(H,26,31)(H,27,30). The van der Waals surface area contributed by atoms with Crippen molar-refractivity contribution in [1.82, 2.24) is 10.2 Å². The van der Waals surface area contributed by atoms with Crippen LogP contribution in [-0.2, 0) is 17.9 Å². The lowest BCUT2D eigenvalue weighted by molar-refractivity contribution is -0.117. The molecule has 1 saturated carbocycles. The summed E-state index contributed by atoms with van der Waals surface area (Å²) in [7, 11) is 3.89. The fourth-order valence-corrected chi connectivity index (χ4v) is 3.37. The first-order chi connectivity index (χ1) is 14.7. The van der Waals surface area contributed by atoms with E-state index < -0.39 is 0 Å². The van der Waals surface area contributed by atoms with Crippen molar-refractivity contribution < 1.29 is 14.0 Å². The first-order valence-corrected chi connectivity index (χ1v) is 10.6. The van der Waals surface area contributed by atoms with Crippen LogP contribution < -0.4 is 15.5 Å². The molecule has 166 valence electrons. The van der Waals surface area contributed by atoms with E-state index in [9.17, 15) is 14.0 Å². The third-order valence-corrected chi connectivity index (χ3v) is 5.12. The van der Waals surface area contributed by atoms with Crippen molar-refractivity contribution in [3.8, 4) is 0 Å². The molecular weight excluding hydrogens is 395 g/mol. The number of urea groups is 1. The van der Waals surface area contributed by atoms with Gasteiger partial charge in [-0.1, -0.05) is 12.1 Å². The van der Waals surface area contributed by atoms with Crippen LogP contribution in [0.15, 0.2) is 42.5 Å². The van der Waals surface area contributed by atoms with Gasteiger partial charge in [-0.05, 0) is 68.1 Å². The molecule has 0 radical (unpaired) electrons. The summed E-state index contributed by atoms with van der Waals surface area (Å²) in [5, 5.41) is 5.93. The zero-order valence-electron chi connectivity index (χ0n) is 18.6. The van der Waals surface area contributed by atoms with Crippen LogP contribution in [0, 0.1) is 11.7 Å². The van der Waals surface area contributed by atoms with E-state index in [4.69, 9.17) is 0 Å². The molecule has 7 heteroatoms. The third kappa shape index (κ3) is 6.44. The van der Waals surface area contributed by atoms with Crippen LogP contribution in [0.25, 0.3) is 0 Å². The summed E-state index contributed by atoms with van der Waals surface area (Å²) in [5.74, 6) is -0.149. The van der Waals surface area contributed by atoms with Crippen LogP contribution in [-0.4, -0.2) is 37.0 Å². The van der Waals surface area contributed by atoms with E-state index in [2.05, 4.69) is 10.6 Å². The minimum Gasteiger partial charge on any atom is -0.377 e. The maximum absolute atomic E-state index is 13.3. The number of rotatable bonds is 8. The molecular formula is C24H31FN4O2. The predicted octanol–water partition coefficient (Wildman–Crippen LogP) is 4.36. The van der Waals surface area contributed by atoms with E-state index in [1.54, 1.807) is 17.0 Å². The number of benzene rings is 2. The normalized spacial score (nSPS) is 13.1. The Hall–Kier alpha value is -3.09. The summed E-state index contributed by atoms with van der Waals surface area (Å²) in [5.41, 5.74) is 3.44. The molecule has 0 saturated heterocycles. The van der Waals surface area contributed by atoms with Crippen LogP contribution in [0.5, 0.6) is 0 Å². The molecule has 0 heterocycles. The largest absolute Gasteiger partial charge is 0.377 e. The van der Waals surface area contributed by atoms with Gasteiger partial charge in [0.1, 0.15) is 5.82 Å². The molecule has 2 aromatic carbocycles. The predicted molar refractivity (Wildman–Crippen MR) is 121 cm³/mol. The second-order valence-electron chi connectivity index (χ2n) is 8.59. The van der Waals surface area contributed by atoms with Gasteiger partial charge in [0, 0.05) is 50.5 Å². The van der Waals surface area contributed by atoms with Crippen LogP contribution in [0.2, 0.25) is 0 Å². The molecule has 0 unspecified atom stereocenters. The first-order valence-electron chi connectivity index (χ1n) is 10.6. The van der Waals surface area contributed by atoms with Gasteiger partial charge in [0.15, 0.2) is 0 Å². The highest BCUT2D eigenvalue weighted by atomic mass is 19.1. The van der Waals surface area contributed by atoms with E-state index in [1.165, 1.54) is 12.1 Å². The molecule has 6 nitrogen and oxygen atoms in total. The van der Waals surface area contributed by atoms with Gasteiger partial charge in [-0.2, -0.15) is 0 Å². The lowest BCUT2D eigenvalue weighted by Gasteiger charge is -2.27. The van der Waals surface area contributed by atoms with Crippen molar-refractivity contribution >= 4 is 23.3 Å². The molecule has 3 amide bonds. The summed E-state index contributed by atoms with van der Waals surface area (Å²) in [4.78, 5) is 28.8. The Kier molecular flexibility index (Phi) is 7.15. The number of hydrogen-bond acceptors (Lipinski definition) is 3. The second kappa shape index (κ2) is 9.81. The van der Waals surface area contributed by atoms with Crippen molar-refractivity contribution in [3.63, 3.8) is 0 Å². The van der Waals surface area contributed by atoms with Gasteiger partial charge in [-0.15, -0.1) is 0 Å². The second-order valence-corrected chi connectivity index (χ2v) is 8.59. The van der Waals surface area contributed by atoms with Gasteiger partial charge in [0.05, 0.1) is 0 Å². The highest BCUT2D eigenvalue weighted by Gasteiger charge is 2.29. The van der Waals surface area contributed by atoms with Gasteiger partial charge in [-0.3, -0.25) is 4.79 Å². The molecule has 2 aromatic rings.